The van der Waals surface area contributed by atoms with Gasteiger partial charge in [-0.2, -0.15) is 0 Å². The molecule has 0 aliphatic carbocycles. The van der Waals surface area contributed by atoms with Crippen molar-refractivity contribution < 1.29 is 14.3 Å². The number of rotatable bonds is 8. The molecular formula is C23H23N3O3. The molecule has 1 heterocycles. The van der Waals surface area contributed by atoms with Crippen molar-refractivity contribution in [1.82, 2.24) is 4.98 Å². The summed E-state index contributed by atoms with van der Waals surface area (Å²) in [4.78, 5) is 28.2. The number of ether oxygens (including phenoxy) is 1. The topological polar surface area (TPSA) is 80.3 Å². The van der Waals surface area contributed by atoms with Crippen LogP contribution in [0.15, 0.2) is 67.0 Å². The minimum atomic E-state index is -0.286. The first-order chi connectivity index (χ1) is 14.1. The van der Waals surface area contributed by atoms with Gasteiger partial charge in [-0.3, -0.25) is 14.6 Å². The Labute approximate surface area is 169 Å². The lowest BCUT2D eigenvalue weighted by atomic mass is 10.1. The van der Waals surface area contributed by atoms with Gasteiger partial charge in [-0.15, -0.1) is 0 Å². The molecule has 0 saturated heterocycles. The van der Waals surface area contributed by atoms with Gasteiger partial charge in [0.2, 0.25) is 0 Å². The second-order valence-corrected chi connectivity index (χ2v) is 6.54. The Hall–Kier alpha value is -3.67. The number of ketones is 1. The van der Waals surface area contributed by atoms with Gasteiger partial charge in [0, 0.05) is 30.2 Å². The Morgan fingerprint density at radius 3 is 2.55 bits per heavy atom. The number of Topliss-reactive ketones (excluding diaryl/α,β-unsaturated/α-hetero) is 1. The van der Waals surface area contributed by atoms with Gasteiger partial charge in [0.15, 0.2) is 5.78 Å². The highest BCUT2D eigenvalue weighted by molar-refractivity contribution is 6.05. The van der Waals surface area contributed by atoms with E-state index in [0.29, 0.717) is 23.4 Å². The van der Waals surface area contributed by atoms with E-state index in [1.807, 2.05) is 24.3 Å². The summed E-state index contributed by atoms with van der Waals surface area (Å²) in [7, 11) is 1.66. The molecule has 0 radical (unpaired) electrons. The van der Waals surface area contributed by atoms with E-state index in [4.69, 9.17) is 4.74 Å². The van der Waals surface area contributed by atoms with Gasteiger partial charge in [0.25, 0.3) is 5.91 Å². The third-order valence-corrected chi connectivity index (χ3v) is 4.44. The molecule has 3 aromatic rings. The lowest BCUT2D eigenvalue weighted by Gasteiger charge is -2.11. The molecule has 1 aromatic heterocycles. The van der Waals surface area contributed by atoms with E-state index in [9.17, 15) is 9.59 Å². The summed E-state index contributed by atoms with van der Waals surface area (Å²) in [5, 5.41) is 6.09. The maximum atomic E-state index is 12.5. The van der Waals surface area contributed by atoms with Crippen molar-refractivity contribution in [1.29, 1.82) is 0 Å². The Bertz CT molecular complexity index is 1020. The second-order valence-electron chi connectivity index (χ2n) is 6.54. The second kappa shape index (κ2) is 9.50. The van der Waals surface area contributed by atoms with Crippen LogP contribution in [0.25, 0.3) is 0 Å². The number of amides is 1. The molecule has 0 atom stereocenters. The van der Waals surface area contributed by atoms with Crippen molar-refractivity contribution in [3.05, 3.63) is 83.7 Å². The van der Waals surface area contributed by atoms with Crippen LogP contribution < -0.4 is 15.4 Å². The summed E-state index contributed by atoms with van der Waals surface area (Å²) >= 11 is 0. The molecule has 29 heavy (non-hydrogen) atoms. The molecule has 0 spiro atoms. The van der Waals surface area contributed by atoms with Gasteiger partial charge in [-0.1, -0.05) is 30.3 Å². The Morgan fingerprint density at radius 2 is 1.76 bits per heavy atom. The van der Waals surface area contributed by atoms with E-state index in [1.54, 1.807) is 43.6 Å². The summed E-state index contributed by atoms with van der Waals surface area (Å²) in [6, 6.07) is 16.5. The molecule has 148 valence electrons. The zero-order valence-corrected chi connectivity index (χ0v) is 16.4. The molecule has 1 amide bonds. The molecule has 0 aliphatic rings. The third-order valence-electron chi connectivity index (χ3n) is 4.44. The first kappa shape index (κ1) is 20.1. The van der Waals surface area contributed by atoms with Crippen molar-refractivity contribution >= 4 is 23.1 Å². The lowest BCUT2D eigenvalue weighted by molar-refractivity contribution is 0.101. The first-order valence-electron chi connectivity index (χ1n) is 9.30. The van der Waals surface area contributed by atoms with Crippen LogP contribution >= 0.6 is 0 Å². The minimum Gasteiger partial charge on any atom is -0.496 e. The van der Waals surface area contributed by atoms with E-state index >= 15 is 0 Å². The van der Waals surface area contributed by atoms with Crippen molar-refractivity contribution in [2.75, 3.05) is 24.3 Å². The molecular weight excluding hydrogens is 366 g/mol. The number of hydrogen-bond donors (Lipinski definition) is 2. The number of hydrogen-bond acceptors (Lipinski definition) is 5. The van der Waals surface area contributed by atoms with Crippen LogP contribution in [-0.2, 0) is 6.42 Å². The molecule has 6 heteroatoms. The predicted octanol–water partition coefficient (Wildman–Crippen LogP) is 4.20. The first-order valence-corrected chi connectivity index (χ1v) is 9.30. The van der Waals surface area contributed by atoms with E-state index in [0.717, 1.165) is 23.4 Å². The highest BCUT2D eigenvalue weighted by Crippen LogP contribution is 2.18. The number of anilines is 2. The minimum absolute atomic E-state index is 0.0518. The monoisotopic (exact) mass is 389 g/mol. The number of benzene rings is 2. The zero-order chi connectivity index (χ0) is 20.6. The van der Waals surface area contributed by atoms with Crippen molar-refractivity contribution in [3.8, 4) is 5.75 Å². The molecule has 2 aromatic carbocycles. The number of pyridine rings is 1. The molecule has 0 aliphatic heterocycles. The number of methoxy groups -OCH3 is 1. The number of para-hydroxylation sites is 1. The fourth-order valence-electron chi connectivity index (χ4n) is 2.93. The van der Waals surface area contributed by atoms with Crippen LogP contribution in [0.2, 0.25) is 0 Å². The smallest absolute Gasteiger partial charge is 0.257 e. The van der Waals surface area contributed by atoms with Crippen LogP contribution in [0.5, 0.6) is 5.75 Å². The lowest BCUT2D eigenvalue weighted by Crippen LogP contribution is -2.13. The average Bonchev–Trinajstić information content (AvgIpc) is 2.74. The highest BCUT2D eigenvalue weighted by atomic mass is 16.5. The number of nitrogens with zero attached hydrogens (tertiary/aromatic N) is 1. The summed E-state index contributed by atoms with van der Waals surface area (Å²) in [5.74, 6) is 0.518. The van der Waals surface area contributed by atoms with Gasteiger partial charge in [0.1, 0.15) is 5.75 Å². The van der Waals surface area contributed by atoms with E-state index in [1.165, 1.54) is 13.1 Å². The SMILES string of the molecule is COc1ccccc1CCNc1cncc(C(=O)Nc2cccc(C(C)=O)c2)c1. The molecule has 0 unspecified atom stereocenters. The van der Waals surface area contributed by atoms with Gasteiger partial charge < -0.3 is 15.4 Å². The molecule has 0 bridgehead atoms. The number of aromatic nitrogens is 1. The van der Waals surface area contributed by atoms with Gasteiger partial charge in [0.05, 0.1) is 18.4 Å². The Balaban J connectivity index is 1.62. The third kappa shape index (κ3) is 5.42. The summed E-state index contributed by atoms with van der Waals surface area (Å²) in [5.41, 5.74) is 3.41. The molecule has 6 nitrogen and oxygen atoms in total. The van der Waals surface area contributed by atoms with Gasteiger partial charge >= 0.3 is 0 Å². The van der Waals surface area contributed by atoms with Crippen molar-refractivity contribution in [2.45, 2.75) is 13.3 Å². The largest absolute Gasteiger partial charge is 0.496 e. The normalized spacial score (nSPS) is 10.3. The maximum absolute atomic E-state index is 12.5. The zero-order valence-electron chi connectivity index (χ0n) is 16.4. The van der Waals surface area contributed by atoms with E-state index < -0.39 is 0 Å². The molecule has 2 N–H and O–H groups in total. The number of carbonyl (C=O) groups excluding carboxylic acids is 2. The maximum Gasteiger partial charge on any atom is 0.257 e. The Morgan fingerprint density at radius 1 is 0.966 bits per heavy atom. The quantitative estimate of drug-likeness (QED) is 0.565. The van der Waals surface area contributed by atoms with Crippen molar-refractivity contribution in [2.24, 2.45) is 0 Å². The van der Waals surface area contributed by atoms with Crippen LogP contribution in [0.3, 0.4) is 0 Å². The summed E-state index contributed by atoms with van der Waals surface area (Å²) < 4.78 is 5.36. The fraction of sp³-hybridized carbons (Fsp3) is 0.174. The van der Waals surface area contributed by atoms with E-state index in [2.05, 4.69) is 15.6 Å². The van der Waals surface area contributed by atoms with Gasteiger partial charge in [-0.05, 0) is 43.2 Å². The summed E-state index contributed by atoms with van der Waals surface area (Å²) in [6.07, 6.45) is 3.96. The molecule has 0 fully saturated rings. The fourth-order valence-corrected chi connectivity index (χ4v) is 2.93. The number of nitrogens with one attached hydrogen (secondary N) is 2. The van der Waals surface area contributed by atoms with Crippen LogP contribution in [-0.4, -0.2) is 30.3 Å². The highest BCUT2D eigenvalue weighted by Gasteiger charge is 2.09. The standard InChI is InChI=1S/C23H23N3O3/c1-16(27)18-7-5-8-20(12-18)26-23(28)19-13-21(15-24-14-19)25-11-10-17-6-3-4-9-22(17)29-2/h3-9,12-15,25H,10-11H2,1-2H3,(H,26,28). The van der Waals surface area contributed by atoms with Crippen LogP contribution in [0, 0.1) is 0 Å². The van der Waals surface area contributed by atoms with E-state index in [-0.39, 0.29) is 11.7 Å². The Kier molecular flexibility index (Phi) is 6.58. The average molecular weight is 389 g/mol. The van der Waals surface area contributed by atoms with Gasteiger partial charge in [-0.25, -0.2) is 0 Å². The molecule has 0 saturated carbocycles. The van der Waals surface area contributed by atoms with Crippen LogP contribution in [0.4, 0.5) is 11.4 Å². The van der Waals surface area contributed by atoms with Crippen LogP contribution in [0.1, 0.15) is 33.2 Å². The number of carbonyl (C=O) groups is 2. The predicted molar refractivity (Wildman–Crippen MR) is 114 cm³/mol. The molecule has 3 rings (SSSR count). The summed E-state index contributed by atoms with van der Waals surface area (Å²) in [6.45, 7) is 2.17. The van der Waals surface area contributed by atoms with Crippen molar-refractivity contribution in [3.63, 3.8) is 0 Å².